The summed E-state index contributed by atoms with van der Waals surface area (Å²) in [6.07, 6.45) is 5.09. The molecule has 0 spiro atoms. The minimum atomic E-state index is -0.469. The van der Waals surface area contributed by atoms with Crippen molar-refractivity contribution in [3.8, 4) is 11.5 Å². The maximum atomic E-state index is 13.3. The summed E-state index contributed by atoms with van der Waals surface area (Å²) >= 11 is 0. The van der Waals surface area contributed by atoms with E-state index in [-0.39, 0.29) is 5.91 Å². The molecule has 0 heterocycles. The molecular weight excluding hydrogens is 326 g/mol. The van der Waals surface area contributed by atoms with Crippen molar-refractivity contribution in [3.63, 3.8) is 0 Å². The van der Waals surface area contributed by atoms with Crippen LogP contribution >= 0.6 is 0 Å². The Labute approximate surface area is 155 Å². The molecule has 4 heteroatoms. The van der Waals surface area contributed by atoms with Gasteiger partial charge in [0.25, 0.3) is 0 Å². The molecule has 0 saturated heterocycles. The largest absolute Gasteiger partial charge is 0.497 e. The quantitative estimate of drug-likeness (QED) is 0.800. The highest BCUT2D eigenvalue weighted by Gasteiger charge is 2.41. The smallest absolute Gasteiger partial charge is 0.235 e. The van der Waals surface area contributed by atoms with Crippen molar-refractivity contribution < 1.29 is 14.3 Å². The number of hydrogen-bond donors (Lipinski definition) is 1. The van der Waals surface area contributed by atoms with Crippen LogP contribution in [0.1, 0.15) is 44.6 Å². The fraction of sp³-hybridized carbons (Fsp3) is 0.409. The lowest BCUT2D eigenvalue weighted by Crippen LogP contribution is -2.42. The number of benzene rings is 2. The lowest BCUT2D eigenvalue weighted by molar-refractivity contribution is -0.122. The van der Waals surface area contributed by atoms with Crippen molar-refractivity contribution in [2.24, 2.45) is 0 Å². The normalized spacial score (nSPS) is 15.9. The first-order valence-corrected chi connectivity index (χ1v) is 9.37. The van der Waals surface area contributed by atoms with Gasteiger partial charge in [0.1, 0.15) is 11.5 Å². The van der Waals surface area contributed by atoms with Crippen LogP contribution in [0.3, 0.4) is 0 Å². The predicted octanol–water partition coefficient (Wildman–Crippen LogP) is 4.93. The van der Waals surface area contributed by atoms with E-state index in [2.05, 4.69) is 5.32 Å². The fourth-order valence-electron chi connectivity index (χ4n) is 3.76. The van der Waals surface area contributed by atoms with E-state index in [0.29, 0.717) is 6.61 Å². The molecular formula is C22H27NO3. The average molecular weight is 353 g/mol. The Morgan fingerprint density at radius 3 is 2.15 bits per heavy atom. The number of hydrogen-bond acceptors (Lipinski definition) is 3. The zero-order valence-corrected chi connectivity index (χ0v) is 15.6. The summed E-state index contributed by atoms with van der Waals surface area (Å²) in [5.41, 5.74) is 1.40. The third-order valence-corrected chi connectivity index (χ3v) is 5.21. The van der Waals surface area contributed by atoms with Crippen molar-refractivity contribution in [1.82, 2.24) is 0 Å². The lowest BCUT2D eigenvalue weighted by Gasteiger charge is -2.36. The molecule has 1 N–H and O–H groups in total. The van der Waals surface area contributed by atoms with E-state index in [1.165, 1.54) is 6.42 Å². The van der Waals surface area contributed by atoms with Crippen molar-refractivity contribution >= 4 is 11.6 Å². The molecule has 2 aromatic rings. The number of carbonyl (C=O) groups is 1. The lowest BCUT2D eigenvalue weighted by atomic mass is 9.68. The first-order chi connectivity index (χ1) is 12.7. The topological polar surface area (TPSA) is 47.6 Å². The Kier molecular flexibility index (Phi) is 5.82. The number of methoxy groups -OCH3 is 1. The second-order valence-electron chi connectivity index (χ2n) is 6.78. The fourth-order valence-corrected chi connectivity index (χ4v) is 3.76. The van der Waals surface area contributed by atoms with Crippen LogP contribution in [0.2, 0.25) is 0 Å². The maximum absolute atomic E-state index is 13.3. The Morgan fingerprint density at radius 1 is 0.962 bits per heavy atom. The van der Waals surface area contributed by atoms with E-state index in [4.69, 9.17) is 9.47 Å². The van der Waals surface area contributed by atoms with Crippen molar-refractivity contribution in [1.29, 1.82) is 0 Å². The second-order valence-corrected chi connectivity index (χ2v) is 6.78. The summed E-state index contributed by atoms with van der Waals surface area (Å²) in [7, 11) is 1.66. The number of amides is 1. The monoisotopic (exact) mass is 353 g/mol. The van der Waals surface area contributed by atoms with Gasteiger partial charge in [-0.3, -0.25) is 4.79 Å². The minimum absolute atomic E-state index is 0.0755. The highest BCUT2D eigenvalue weighted by Crippen LogP contribution is 2.41. The minimum Gasteiger partial charge on any atom is -0.497 e. The molecule has 1 saturated carbocycles. The average Bonchev–Trinajstić information content (AvgIpc) is 2.70. The summed E-state index contributed by atoms with van der Waals surface area (Å²) in [5.74, 6) is 1.70. The molecule has 0 aliphatic heterocycles. The zero-order chi connectivity index (χ0) is 18.4. The van der Waals surface area contributed by atoms with E-state index >= 15 is 0 Å². The maximum Gasteiger partial charge on any atom is 0.235 e. The molecule has 0 atom stereocenters. The number of ether oxygens (including phenoxy) is 2. The molecule has 2 aromatic carbocycles. The van der Waals surface area contributed by atoms with E-state index in [0.717, 1.165) is 48.4 Å². The van der Waals surface area contributed by atoms with Crippen molar-refractivity contribution in [2.75, 3.05) is 19.0 Å². The SMILES string of the molecule is CCOc1ccc(NC(=O)C2(c3ccc(OC)cc3)CCCCC2)cc1. The molecule has 0 radical (unpaired) electrons. The van der Waals surface area contributed by atoms with Crippen LogP contribution < -0.4 is 14.8 Å². The summed E-state index contributed by atoms with van der Waals surface area (Å²) < 4.78 is 10.7. The van der Waals surface area contributed by atoms with Crippen LogP contribution in [0.4, 0.5) is 5.69 Å². The van der Waals surface area contributed by atoms with E-state index in [1.54, 1.807) is 7.11 Å². The Hall–Kier alpha value is -2.49. The second kappa shape index (κ2) is 8.26. The van der Waals surface area contributed by atoms with Crippen LogP contribution in [0.5, 0.6) is 11.5 Å². The highest BCUT2D eigenvalue weighted by atomic mass is 16.5. The van der Waals surface area contributed by atoms with Crippen LogP contribution in [0.15, 0.2) is 48.5 Å². The van der Waals surface area contributed by atoms with Crippen LogP contribution in [0, 0.1) is 0 Å². The Balaban J connectivity index is 1.83. The van der Waals surface area contributed by atoms with Gasteiger partial charge in [0.2, 0.25) is 5.91 Å². The van der Waals surface area contributed by atoms with E-state index < -0.39 is 5.41 Å². The van der Waals surface area contributed by atoms with E-state index in [1.807, 2.05) is 55.5 Å². The molecule has 1 amide bonds. The summed E-state index contributed by atoms with van der Waals surface area (Å²) in [6.45, 7) is 2.59. The van der Waals surface area contributed by atoms with Crippen molar-refractivity contribution in [3.05, 3.63) is 54.1 Å². The van der Waals surface area contributed by atoms with Gasteiger partial charge in [-0.15, -0.1) is 0 Å². The van der Waals surface area contributed by atoms with Gasteiger partial charge in [-0.2, -0.15) is 0 Å². The molecule has 1 fully saturated rings. The van der Waals surface area contributed by atoms with Gasteiger partial charge in [-0.1, -0.05) is 31.4 Å². The molecule has 0 unspecified atom stereocenters. The summed E-state index contributed by atoms with van der Waals surface area (Å²) in [4.78, 5) is 13.3. The molecule has 1 aliphatic rings. The molecule has 3 rings (SSSR count). The third kappa shape index (κ3) is 3.85. The highest BCUT2D eigenvalue weighted by molar-refractivity contribution is 5.99. The Morgan fingerprint density at radius 2 is 1.58 bits per heavy atom. The van der Waals surface area contributed by atoms with Gasteiger partial charge < -0.3 is 14.8 Å². The van der Waals surface area contributed by atoms with Gasteiger partial charge in [0.15, 0.2) is 0 Å². The summed E-state index contributed by atoms with van der Waals surface area (Å²) in [5, 5.41) is 3.12. The molecule has 0 bridgehead atoms. The zero-order valence-electron chi connectivity index (χ0n) is 15.6. The Bertz CT molecular complexity index is 716. The van der Waals surface area contributed by atoms with Gasteiger partial charge in [0.05, 0.1) is 19.1 Å². The van der Waals surface area contributed by atoms with Gasteiger partial charge in [0, 0.05) is 5.69 Å². The van der Waals surface area contributed by atoms with Gasteiger partial charge in [-0.25, -0.2) is 0 Å². The van der Waals surface area contributed by atoms with Crippen LogP contribution in [-0.2, 0) is 10.2 Å². The number of carbonyl (C=O) groups excluding carboxylic acids is 1. The molecule has 138 valence electrons. The van der Waals surface area contributed by atoms with E-state index in [9.17, 15) is 4.79 Å². The van der Waals surface area contributed by atoms with Gasteiger partial charge in [-0.05, 0) is 61.7 Å². The number of nitrogens with one attached hydrogen (secondary N) is 1. The standard InChI is InChI=1S/C22H27NO3/c1-3-26-20-13-9-18(10-14-20)23-21(24)22(15-5-4-6-16-22)17-7-11-19(25-2)12-8-17/h7-14H,3-6,15-16H2,1-2H3,(H,23,24). The third-order valence-electron chi connectivity index (χ3n) is 5.21. The van der Waals surface area contributed by atoms with Crippen molar-refractivity contribution in [2.45, 2.75) is 44.4 Å². The molecule has 1 aliphatic carbocycles. The molecule has 4 nitrogen and oxygen atoms in total. The first-order valence-electron chi connectivity index (χ1n) is 9.37. The van der Waals surface area contributed by atoms with Crippen LogP contribution in [0.25, 0.3) is 0 Å². The van der Waals surface area contributed by atoms with Gasteiger partial charge >= 0.3 is 0 Å². The first kappa shape index (κ1) is 18.3. The predicted molar refractivity (Wildman–Crippen MR) is 104 cm³/mol. The number of anilines is 1. The molecule has 0 aromatic heterocycles. The summed E-state index contributed by atoms with van der Waals surface area (Å²) in [6, 6.07) is 15.5. The number of rotatable bonds is 6. The van der Waals surface area contributed by atoms with Crippen LogP contribution in [-0.4, -0.2) is 19.6 Å². The molecule has 26 heavy (non-hydrogen) atoms.